The fourth-order valence-corrected chi connectivity index (χ4v) is 3.78. The summed E-state index contributed by atoms with van der Waals surface area (Å²) in [4.78, 5) is 0.350. The molecule has 1 aliphatic rings. The largest absolute Gasteiger partial charge is 0.328 e. The second-order valence-corrected chi connectivity index (χ2v) is 6.15. The number of nitrogens with two attached hydrogens (primary N) is 1. The zero-order valence-corrected chi connectivity index (χ0v) is 10.2. The van der Waals surface area contributed by atoms with Crippen molar-refractivity contribution in [3.05, 3.63) is 29.8 Å². The van der Waals surface area contributed by atoms with Gasteiger partial charge in [-0.2, -0.15) is 0 Å². The monoisotopic (exact) mass is 259 g/mol. The fraction of sp³-hybridized carbons (Fsp3) is 0.500. The first-order valence-electron chi connectivity index (χ1n) is 5.69. The van der Waals surface area contributed by atoms with Gasteiger partial charge in [-0.25, -0.2) is 8.78 Å². The Bertz CT molecular complexity index is 439. The molecule has 94 valence electrons. The van der Waals surface area contributed by atoms with Gasteiger partial charge in [-0.05, 0) is 37.5 Å². The SMILES string of the molecule is NC1CCCC(S(=O)c2ccc(F)c(F)c2)C1. The summed E-state index contributed by atoms with van der Waals surface area (Å²) in [6.07, 6.45) is 3.41. The first kappa shape index (κ1) is 12.6. The van der Waals surface area contributed by atoms with Crippen molar-refractivity contribution in [2.45, 2.75) is 41.9 Å². The van der Waals surface area contributed by atoms with Crippen LogP contribution in [0.4, 0.5) is 8.78 Å². The van der Waals surface area contributed by atoms with E-state index in [0.29, 0.717) is 11.3 Å². The smallest absolute Gasteiger partial charge is 0.160 e. The molecule has 0 aliphatic heterocycles. The highest BCUT2D eigenvalue weighted by atomic mass is 32.2. The third kappa shape index (κ3) is 2.90. The molecule has 1 aliphatic carbocycles. The Morgan fingerprint density at radius 2 is 2.00 bits per heavy atom. The molecule has 2 rings (SSSR count). The average molecular weight is 259 g/mol. The number of benzene rings is 1. The topological polar surface area (TPSA) is 43.1 Å². The molecule has 0 spiro atoms. The summed E-state index contributed by atoms with van der Waals surface area (Å²) < 4.78 is 38.0. The predicted octanol–water partition coefficient (Wildman–Crippen LogP) is 2.34. The van der Waals surface area contributed by atoms with Crippen molar-refractivity contribution in [1.29, 1.82) is 0 Å². The highest BCUT2D eigenvalue weighted by Gasteiger charge is 2.25. The molecule has 2 nitrogen and oxygen atoms in total. The lowest BCUT2D eigenvalue weighted by atomic mass is 9.96. The lowest BCUT2D eigenvalue weighted by Crippen LogP contribution is -2.33. The van der Waals surface area contributed by atoms with Crippen LogP contribution in [0.15, 0.2) is 23.1 Å². The van der Waals surface area contributed by atoms with Crippen molar-refractivity contribution in [3.8, 4) is 0 Å². The summed E-state index contributed by atoms with van der Waals surface area (Å²) >= 11 is 0. The summed E-state index contributed by atoms with van der Waals surface area (Å²) in [5.74, 6) is -1.86. The zero-order valence-electron chi connectivity index (χ0n) is 9.36. The minimum atomic E-state index is -1.30. The molecule has 0 saturated heterocycles. The van der Waals surface area contributed by atoms with E-state index in [1.54, 1.807) is 0 Å². The van der Waals surface area contributed by atoms with Gasteiger partial charge >= 0.3 is 0 Å². The molecule has 0 aromatic heterocycles. The van der Waals surface area contributed by atoms with Gasteiger partial charge in [0.15, 0.2) is 11.6 Å². The molecular formula is C12H15F2NOS. The van der Waals surface area contributed by atoms with Crippen molar-refractivity contribution in [1.82, 2.24) is 0 Å². The van der Waals surface area contributed by atoms with Crippen LogP contribution in [0, 0.1) is 11.6 Å². The Hall–Kier alpha value is -0.810. The van der Waals surface area contributed by atoms with E-state index in [-0.39, 0.29) is 11.3 Å². The predicted molar refractivity (Wildman–Crippen MR) is 63.0 cm³/mol. The molecule has 1 aromatic carbocycles. The van der Waals surface area contributed by atoms with Crippen molar-refractivity contribution < 1.29 is 13.0 Å². The van der Waals surface area contributed by atoms with Gasteiger partial charge in [0, 0.05) is 16.2 Å². The highest BCUT2D eigenvalue weighted by Crippen LogP contribution is 2.26. The lowest BCUT2D eigenvalue weighted by molar-refractivity contribution is 0.444. The van der Waals surface area contributed by atoms with E-state index in [4.69, 9.17) is 5.73 Å². The van der Waals surface area contributed by atoms with Crippen LogP contribution in [0.3, 0.4) is 0 Å². The molecule has 5 heteroatoms. The van der Waals surface area contributed by atoms with Gasteiger partial charge in [0.1, 0.15) is 0 Å². The van der Waals surface area contributed by atoms with Crippen molar-refractivity contribution in [2.24, 2.45) is 5.73 Å². The van der Waals surface area contributed by atoms with E-state index >= 15 is 0 Å². The molecular weight excluding hydrogens is 244 g/mol. The van der Waals surface area contributed by atoms with Crippen LogP contribution in [0.2, 0.25) is 0 Å². The molecule has 1 fully saturated rings. The summed E-state index contributed by atoms with van der Waals surface area (Å²) in [6.45, 7) is 0. The molecule has 0 radical (unpaired) electrons. The zero-order chi connectivity index (χ0) is 12.4. The van der Waals surface area contributed by atoms with E-state index in [0.717, 1.165) is 31.4 Å². The second-order valence-electron chi connectivity index (χ2n) is 4.42. The van der Waals surface area contributed by atoms with Crippen LogP contribution in [0.1, 0.15) is 25.7 Å². The third-order valence-corrected chi connectivity index (χ3v) is 4.84. The Morgan fingerprint density at radius 3 is 2.65 bits per heavy atom. The summed E-state index contributed by atoms with van der Waals surface area (Å²) in [5, 5.41) is -0.0383. The average Bonchev–Trinajstić information content (AvgIpc) is 2.32. The fourth-order valence-electron chi connectivity index (χ4n) is 2.17. The van der Waals surface area contributed by atoms with Crippen LogP contribution in [-0.4, -0.2) is 15.5 Å². The highest BCUT2D eigenvalue weighted by molar-refractivity contribution is 7.85. The van der Waals surface area contributed by atoms with Crippen LogP contribution in [0.5, 0.6) is 0 Å². The van der Waals surface area contributed by atoms with Crippen LogP contribution < -0.4 is 5.73 Å². The quantitative estimate of drug-likeness (QED) is 0.886. The van der Waals surface area contributed by atoms with Crippen LogP contribution >= 0.6 is 0 Å². The molecule has 3 unspecified atom stereocenters. The molecule has 3 atom stereocenters. The first-order chi connectivity index (χ1) is 8.08. The molecule has 17 heavy (non-hydrogen) atoms. The Kier molecular flexibility index (Phi) is 3.89. The summed E-state index contributed by atoms with van der Waals surface area (Å²) in [5.41, 5.74) is 5.83. The van der Waals surface area contributed by atoms with E-state index in [9.17, 15) is 13.0 Å². The molecule has 0 heterocycles. The van der Waals surface area contributed by atoms with E-state index < -0.39 is 22.4 Å². The maximum absolute atomic E-state index is 13.0. The van der Waals surface area contributed by atoms with Gasteiger partial charge in [-0.3, -0.25) is 4.21 Å². The van der Waals surface area contributed by atoms with Crippen molar-refractivity contribution in [3.63, 3.8) is 0 Å². The Balaban J connectivity index is 2.15. The van der Waals surface area contributed by atoms with Crippen LogP contribution in [-0.2, 0) is 10.8 Å². The standard InChI is InChI=1S/C12H15F2NOS/c13-11-5-4-10(7-12(11)14)17(16)9-3-1-2-8(15)6-9/h4-5,7-9H,1-3,6,15H2. The minimum absolute atomic E-state index is 0.0383. The molecule has 0 amide bonds. The summed E-state index contributed by atoms with van der Waals surface area (Å²) in [6, 6.07) is 3.49. The van der Waals surface area contributed by atoms with E-state index in [1.807, 2.05) is 0 Å². The number of halogens is 2. The number of hydrogen-bond donors (Lipinski definition) is 1. The lowest BCUT2D eigenvalue weighted by Gasteiger charge is -2.25. The van der Waals surface area contributed by atoms with Gasteiger partial charge in [-0.1, -0.05) is 6.42 Å². The normalized spacial score (nSPS) is 26.8. The van der Waals surface area contributed by atoms with Gasteiger partial charge in [0.05, 0.1) is 10.8 Å². The van der Waals surface area contributed by atoms with Gasteiger partial charge in [0.2, 0.25) is 0 Å². The minimum Gasteiger partial charge on any atom is -0.328 e. The molecule has 1 aromatic rings. The maximum Gasteiger partial charge on any atom is 0.160 e. The van der Waals surface area contributed by atoms with Crippen molar-refractivity contribution in [2.75, 3.05) is 0 Å². The molecule has 2 N–H and O–H groups in total. The van der Waals surface area contributed by atoms with Crippen LogP contribution in [0.25, 0.3) is 0 Å². The van der Waals surface area contributed by atoms with E-state index in [2.05, 4.69) is 0 Å². The first-order valence-corrected chi connectivity index (χ1v) is 6.90. The maximum atomic E-state index is 13.0. The van der Waals surface area contributed by atoms with Gasteiger partial charge in [-0.15, -0.1) is 0 Å². The molecule has 1 saturated carbocycles. The van der Waals surface area contributed by atoms with Crippen molar-refractivity contribution >= 4 is 10.8 Å². The number of rotatable bonds is 2. The third-order valence-electron chi connectivity index (χ3n) is 3.09. The van der Waals surface area contributed by atoms with Gasteiger partial charge in [0.25, 0.3) is 0 Å². The summed E-state index contributed by atoms with van der Waals surface area (Å²) in [7, 11) is -1.30. The Labute approximate surface area is 102 Å². The van der Waals surface area contributed by atoms with E-state index in [1.165, 1.54) is 6.07 Å². The second kappa shape index (κ2) is 5.23. The number of hydrogen-bond acceptors (Lipinski definition) is 2. The molecule has 0 bridgehead atoms. The van der Waals surface area contributed by atoms with Gasteiger partial charge < -0.3 is 5.73 Å². The Morgan fingerprint density at radius 1 is 1.24 bits per heavy atom.